The summed E-state index contributed by atoms with van der Waals surface area (Å²) in [5, 5.41) is 12.4. The third-order valence-electron chi connectivity index (χ3n) is 5.44. The molecule has 2 fully saturated rings. The molecule has 1 aromatic carbocycles. The molecule has 1 aromatic rings. The van der Waals surface area contributed by atoms with Gasteiger partial charge in [-0.25, -0.2) is 0 Å². The topological polar surface area (TPSA) is 84.9 Å². The Kier molecular flexibility index (Phi) is 6.14. The molecule has 1 heterocycles. The molecule has 2 aliphatic rings. The molecular weight excluding hydrogens is 334 g/mol. The van der Waals surface area contributed by atoms with E-state index >= 15 is 0 Å². The van der Waals surface area contributed by atoms with Crippen LogP contribution in [0.25, 0.3) is 0 Å². The van der Waals surface area contributed by atoms with E-state index in [4.69, 9.17) is 9.47 Å². The van der Waals surface area contributed by atoms with Crippen LogP contribution in [0.5, 0.6) is 5.75 Å². The molecule has 142 valence electrons. The molecule has 1 saturated heterocycles. The fraction of sp³-hybridized carbons (Fsp3) is 0.600. The lowest BCUT2D eigenvalue weighted by Crippen LogP contribution is -2.44. The van der Waals surface area contributed by atoms with Gasteiger partial charge in [0.15, 0.2) is 0 Å². The number of hydrogen-bond acceptors (Lipinski definition) is 4. The molecule has 6 nitrogen and oxygen atoms in total. The van der Waals surface area contributed by atoms with E-state index in [0.29, 0.717) is 18.4 Å². The molecule has 0 radical (unpaired) electrons. The third kappa shape index (κ3) is 4.55. The quantitative estimate of drug-likeness (QED) is 0.814. The fourth-order valence-electron chi connectivity index (χ4n) is 3.72. The minimum Gasteiger partial charge on any atom is -0.490 e. The summed E-state index contributed by atoms with van der Waals surface area (Å²) in [4.78, 5) is 24.1. The normalized spacial score (nSPS) is 20.3. The number of carbonyl (C=O) groups is 2. The maximum absolute atomic E-state index is 12.4. The van der Waals surface area contributed by atoms with E-state index in [0.717, 1.165) is 51.1 Å². The van der Waals surface area contributed by atoms with E-state index in [-0.39, 0.29) is 18.6 Å². The van der Waals surface area contributed by atoms with Gasteiger partial charge in [0.05, 0.1) is 18.6 Å². The van der Waals surface area contributed by atoms with Crippen LogP contribution in [-0.2, 0) is 9.53 Å². The summed E-state index contributed by atoms with van der Waals surface area (Å²) in [6.45, 7) is 1.62. The summed E-state index contributed by atoms with van der Waals surface area (Å²) in [5.41, 5.74) is -0.305. The summed E-state index contributed by atoms with van der Waals surface area (Å²) in [6, 6.07) is 7.02. The van der Waals surface area contributed by atoms with Crippen molar-refractivity contribution in [2.45, 2.75) is 51.0 Å². The van der Waals surface area contributed by atoms with Crippen molar-refractivity contribution < 1.29 is 24.2 Å². The number of ether oxygens (including phenoxy) is 2. The first-order valence-electron chi connectivity index (χ1n) is 9.45. The van der Waals surface area contributed by atoms with Crippen LogP contribution >= 0.6 is 0 Å². The van der Waals surface area contributed by atoms with Gasteiger partial charge in [-0.2, -0.15) is 0 Å². The smallest absolute Gasteiger partial charge is 0.311 e. The average molecular weight is 361 g/mol. The number of amides is 1. The number of rotatable bonds is 6. The molecular formula is C20H27NO5. The van der Waals surface area contributed by atoms with Crippen LogP contribution in [-0.4, -0.2) is 42.8 Å². The second-order valence-electron chi connectivity index (χ2n) is 7.28. The van der Waals surface area contributed by atoms with Crippen LogP contribution in [0.15, 0.2) is 24.3 Å². The van der Waals surface area contributed by atoms with Crippen molar-refractivity contribution in [3.8, 4) is 5.75 Å². The highest BCUT2D eigenvalue weighted by Gasteiger charge is 2.39. The number of aliphatic carboxylic acids is 1. The number of benzene rings is 1. The van der Waals surface area contributed by atoms with Gasteiger partial charge < -0.3 is 19.9 Å². The van der Waals surface area contributed by atoms with Gasteiger partial charge in [-0.05, 0) is 37.1 Å². The highest BCUT2D eigenvalue weighted by molar-refractivity contribution is 5.94. The first-order chi connectivity index (χ1) is 12.6. The van der Waals surface area contributed by atoms with Crippen LogP contribution in [0.4, 0.5) is 0 Å². The van der Waals surface area contributed by atoms with Crippen LogP contribution in [0.2, 0.25) is 0 Å². The van der Waals surface area contributed by atoms with Gasteiger partial charge in [0.2, 0.25) is 0 Å². The molecule has 1 aliphatic heterocycles. The Balaban J connectivity index is 1.55. The van der Waals surface area contributed by atoms with Crippen molar-refractivity contribution in [3.05, 3.63) is 29.8 Å². The van der Waals surface area contributed by atoms with E-state index in [1.54, 1.807) is 24.3 Å². The lowest BCUT2D eigenvalue weighted by molar-refractivity contribution is -0.150. The van der Waals surface area contributed by atoms with Crippen molar-refractivity contribution in [2.75, 3.05) is 19.8 Å². The van der Waals surface area contributed by atoms with Crippen LogP contribution in [0.3, 0.4) is 0 Å². The first kappa shape index (κ1) is 18.7. The summed E-state index contributed by atoms with van der Waals surface area (Å²) in [6.07, 6.45) is 6.03. The van der Waals surface area contributed by atoms with Gasteiger partial charge >= 0.3 is 5.97 Å². The zero-order valence-electron chi connectivity index (χ0n) is 15.0. The SMILES string of the molecule is O=C(NCC1(C(=O)O)CCCCC1)c1ccc(OC2CCOCC2)cc1. The molecule has 0 atom stereocenters. The zero-order chi connectivity index (χ0) is 18.4. The summed E-state index contributed by atoms with van der Waals surface area (Å²) in [7, 11) is 0. The van der Waals surface area contributed by atoms with Gasteiger partial charge in [-0.1, -0.05) is 19.3 Å². The molecule has 6 heteroatoms. The molecule has 0 unspecified atom stereocenters. The van der Waals surface area contributed by atoms with E-state index < -0.39 is 11.4 Å². The first-order valence-corrected chi connectivity index (χ1v) is 9.45. The molecule has 0 bridgehead atoms. The second-order valence-corrected chi connectivity index (χ2v) is 7.28. The van der Waals surface area contributed by atoms with Crippen LogP contribution < -0.4 is 10.1 Å². The number of nitrogens with one attached hydrogen (secondary N) is 1. The van der Waals surface area contributed by atoms with Gasteiger partial charge in [0.25, 0.3) is 5.91 Å². The Morgan fingerprint density at radius 1 is 1.12 bits per heavy atom. The molecule has 1 aliphatic carbocycles. The summed E-state index contributed by atoms with van der Waals surface area (Å²) < 4.78 is 11.2. The minimum absolute atomic E-state index is 0.158. The van der Waals surface area contributed by atoms with Gasteiger partial charge in [-0.3, -0.25) is 9.59 Å². The Bertz CT molecular complexity index is 616. The molecule has 1 amide bonds. The molecule has 3 rings (SSSR count). The summed E-state index contributed by atoms with van der Waals surface area (Å²) in [5.74, 6) is -0.311. The molecule has 1 saturated carbocycles. The Hall–Kier alpha value is -2.08. The minimum atomic E-state index is -0.819. The Morgan fingerprint density at radius 3 is 2.38 bits per heavy atom. The van der Waals surface area contributed by atoms with E-state index in [9.17, 15) is 14.7 Å². The fourth-order valence-corrected chi connectivity index (χ4v) is 3.72. The second kappa shape index (κ2) is 8.54. The number of hydrogen-bond donors (Lipinski definition) is 2. The standard InChI is InChI=1S/C20H27NO5/c22-18(21-14-20(19(23)24)10-2-1-3-11-20)15-4-6-16(7-5-15)26-17-8-12-25-13-9-17/h4-7,17H,1-3,8-14H2,(H,21,22)(H,23,24). The average Bonchev–Trinajstić information content (AvgIpc) is 2.68. The maximum Gasteiger partial charge on any atom is 0.311 e. The predicted octanol–water partition coefficient (Wildman–Crippen LogP) is 3.01. The van der Waals surface area contributed by atoms with Gasteiger partial charge in [0.1, 0.15) is 11.9 Å². The van der Waals surface area contributed by atoms with E-state index in [1.165, 1.54) is 0 Å². The summed E-state index contributed by atoms with van der Waals surface area (Å²) >= 11 is 0. The lowest BCUT2D eigenvalue weighted by Gasteiger charge is -2.33. The van der Waals surface area contributed by atoms with Crippen molar-refractivity contribution in [1.82, 2.24) is 5.32 Å². The lowest BCUT2D eigenvalue weighted by atomic mass is 9.74. The van der Waals surface area contributed by atoms with Crippen molar-refractivity contribution >= 4 is 11.9 Å². The van der Waals surface area contributed by atoms with Crippen molar-refractivity contribution in [2.24, 2.45) is 5.41 Å². The Morgan fingerprint density at radius 2 is 1.77 bits per heavy atom. The zero-order valence-corrected chi connectivity index (χ0v) is 15.0. The van der Waals surface area contributed by atoms with Crippen LogP contribution in [0, 0.1) is 5.41 Å². The van der Waals surface area contributed by atoms with Crippen molar-refractivity contribution in [1.29, 1.82) is 0 Å². The van der Waals surface area contributed by atoms with Crippen LogP contribution in [0.1, 0.15) is 55.3 Å². The monoisotopic (exact) mass is 361 g/mol. The highest BCUT2D eigenvalue weighted by atomic mass is 16.5. The number of carboxylic acids is 1. The number of carboxylic acid groups (broad SMARTS) is 1. The van der Waals surface area contributed by atoms with Gasteiger partial charge in [0, 0.05) is 24.9 Å². The molecule has 0 aromatic heterocycles. The molecule has 0 spiro atoms. The molecule has 2 N–H and O–H groups in total. The Labute approximate surface area is 153 Å². The molecule has 26 heavy (non-hydrogen) atoms. The highest BCUT2D eigenvalue weighted by Crippen LogP contribution is 2.36. The van der Waals surface area contributed by atoms with Crippen molar-refractivity contribution in [3.63, 3.8) is 0 Å². The maximum atomic E-state index is 12.4. The number of carbonyl (C=O) groups excluding carboxylic acids is 1. The largest absolute Gasteiger partial charge is 0.490 e. The van der Waals surface area contributed by atoms with E-state index in [2.05, 4.69) is 5.32 Å². The van der Waals surface area contributed by atoms with Gasteiger partial charge in [-0.15, -0.1) is 0 Å². The predicted molar refractivity (Wildman–Crippen MR) is 96.4 cm³/mol. The third-order valence-corrected chi connectivity index (χ3v) is 5.44. The van der Waals surface area contributed by atoms with E-state index in [1.807, 2.05) is 0 Å².